The van der Waals surface area contributed by atoms with Gasteiger partial charge in [0.2, 0.25) is 5.72 Å². The molecule has 0 saturated heterocycles. The molecule has 2 rings (SSSR count). The number of benzene rings is 1. The fourth-order valence-electron chi connectivity index (χ4n) is 1.56. The van der Waals surface area contributed by atoms with Gasteiger partial charge < -0.3 is 20.1 Å². The summed E-state index contributed by atoms with van der Waals surface area (Å²) in [6.45, 7) is 1.54. The van der Waals surface area contributed by atoms with E-state index in [1.807, 2.05) is 0 Å². The molecule has 0 bridgehead atoms. The van der Waals surface area contributed by atoms with Crippen LogP contribution in [0.25, 0.3) is 0 Å². The summed E-state index contributed by atoms with van der Waals surface area (Å²) in [5.41, 5.74) is -0.804. The Morgan fingerprint density at radius 2 is 2.22 bits per heavy atom. The molecule has 0 unspecified atom stereocenters. The van der Waals surface area contributed by atoms with E-state index in [9.17, 15) is 15.0 Å². The highest BCUT2D eigenvalue weighted by molar-refractivity contribution is 8.14. The summed E-state index contributed by atoms with van der Waals surface area (Å²) < 4.78 is 4.68. The zero-order valence-corrected chi connectivity index (χ0v) is 10.3. The Morgan fingerprint density at radius 1 is 1.50 bits per heavy atom. The summed E-state index contributed by atoms with van der Waals surface area (Å²) in [4.78, 5) is 14.7. The van der Waals surface area contributed by atoms with Gasteiger partial charge in [-0.15, -0.1) is 0 Å². The van der Waals surface area contributed by atoms with E-state index in [4.69, 9.17) is 5.11 Å². The van der Waals surface area contributed by atoms with Crippen molar-refractivity contribution in [3.63, 3.8) is 0 Å². The lowest BCUT2D eigenvalue weighted by Gasteiger charge is -2.17. The van der Waals surface area contributed by atoms with Crippen molar-refractivity contribution in [3.8, 4) is 11.5 Å². The molecule has 6 nitrogen and oxygen atoms in total. The number of phenols is 2. The van der Waals surface area contributed by atoms with Gasteiger partial charge in [0.15, 0.2) is 11.5 Å². The molecule has 1 aliphatic rings. The summed E-state index contributed by atoms with van der Waals surface area (Å²) in [5.74, 6) is -0.198. The fraction of sp³-hybridized carbons (Fsp3) is 0.273. The number of para-hydroxylation sites is 1. The number of thioether (sulfide) groups is 1. The Labute approximate surface area is 107 Å². The Morgan fingerprint density at radius 3 is 2.89 bits per heavy atom. The number of aliphatic imine (C=N–C) groups is 1. The summed E-state index contributed by atoms with van der Waals surface area (Å²) >= 11 is 1.26. The van der Waals surface area contributed by atoms with Crippen molar-refractivity contribution in [1.82, 2.24) is 0 Å². The number of hydrogen-bond donors (Lipinski definition) is 3. The van der Waals surface area contributed by atoms with Crippen LogP contribution in [-0.2, 0) is 4.74 Å². The molecule has 1 atom stereocenters. The molecule has 0 amide bonds. The predicted octanol–water partition coefficient (Wildman–Crippen LogP) is 2.00. The number of carbonyl (C=O) groups is 1. The van der Waals surface area contributed by atoms with Crippen LogP contribution in [0, 0.1) is 0 Å². The van der Waals surface area contributed by atoms with Gasteiger partial charge in [0.1, 0.15) is 5.04 Å². The molecule has 0 saturated carbocycles. The molecule has 0 fully saturated rings. The van der Waals surface area contributed by atoms with Crippen molar-refractivity contribution >= 4 is 23.0 Å². The minimum Gasteiger partial charge on any atom is -0.504 e. The quantitative estimate of drug-likeness (QED) is 0.561. The van der Waals surface area contributed by atoms with Gasteiger partial charge in [-0.25, -0.2) is 9.79 Å². The fourth-order valence-corrected chi connectivity index (χ4v) is 2.67. The SMILES string of the molecule is C[C@]1(OC(=O)O)CSC(c2cccc(O)c2O)=N1. The Bertz CT molecular complexity index is 530. The number of nitrogens with zero attached hydrogens (tertiary/aromatic N) is 1. The van der Waals surface area contributed by atoms with Crippen LogP contribution >= 0.6 is 11.8 Å². The highest BCUT2D eigenvalue weighted by Crippen LogP contribution is 2.37. The Kier molecular flexibility index (Phi) is 3.08. The number of ether oxygens (including phenoxy) is 1. The second-order valence-electron chi connectivity index (χ2n) is 3.92. The van der Waals surface area contributed by atoms with Crippen LogP contribution in [0.3, 0.4) is 0 Å². The minimum absolute atomic E-state index is 0.247. The van der Waals surface area contributed by atoms with E-state index < -0.39 is 11.9 Å². The molecular formula is C11H11NO5S. The second-order valence-corrected chi connectivity index (χ2v) is 4.89. The van der Waals surface area contributed by atoms with Crippen molar-refractivity contribution in [1.29, 1.82) is 0 Å². The molecular weight excluding hydrogens is 258 g/mol. The van der Waals surface area contributed by atoms with E-state index in [0.717, 1.165) is 0 Å². The minimum atomic E-state index is -1.40. The molecule has 0 aromatic heterocycles. The average Bonchev–Trinajstić information content (AvgIpc) is 2.63. The first-order valence-electron chi connectivity index (χ1n) is 5.07. The highest BCUT2D eigenvalue weighted by atomic mass is 32.2. The maximum absolute atomic E-state index is 10.5. The van der Waals surface area contributed by atoms with Crippen molar-refractivity contribution < 1.29 is 24.9 Å². The lowest BCUT2D eigenvalue weighted by Crippen LogP contribution is -2.29. The topological polar surface area (TPSA) is 99.4 Å². The number of rotatable bonds is 2. The normalized spacial score (nSPS) is 22.6. The molecule has 0 aliphatic carbocycles. The molecule has 1 aromatic rings. The highest BCUT2D eigenvalue weighted by Gasteiger charge is 2.35. The third-order valence-electron chi connectivity index (χ3n) is 2.37. The van der Waals surface area contributed by atoms with E-state index in [1.54, 1.807) is 19.1 Å². The molecule has 0 spiro atoms. The third kappa shape index (κ3) is 2.35. The number of phenolic OH excluding ortho intramolecular Hbond substituents is 2. The third-order valence-corrected chi connectivity index (χ3v) is 3.63. The van der Waals surface area contributed by atoms with Crippen molar-refractivity contribution in [2.24, 2.45) is 4.99 Å². The molecule has 0 radical (unpaired) electrons. The monoisotopic (exact) mass is 269 g/mol. The van der Waals surface area contributed by atoms with Crippen LogP contribution < -0.4 is 0 Å². The van der Waals surface area contributed by atoms with Gasteiger partial charge in [-0.1, -0.05) is 17.8 Å². The van der Waals surface area contributed by atoms with Gasteiger partial charge >= 0.3 is 6.16 Å². The first-order chi connectivity index (χ1) is 8.41. The predicted molar refractivity (Wildman–Crippen MR) is 66.3 cm³/mol. The van der Waals surface area contributed by atoms with E-state index in [-0.39, 0.29) is 11.5 Å². The smallest absolute Gasteiger partial charge is 0.504 e. The van der Waals surface area contributed by atoms with E-state index in [0.29, 0.717) is 16.4 Å². The standard InChI is InChI=1S/C11H11NO5S/c1-11(17-10(15)16)5-18-9(12-11)6-3-2-4-7(13)8(6)14/h2-4,13-14H,5H2,1H3,(H,15,16)/t11-/m0/s1. The summed E-state index contributed by atoms with van der Waals surface area (Å²) in [5, 5.41) is 28.1. The maximum atomic E-state index is 10.5. The van der Waals surface area contributed by atoms with Gasteiger partial charge in [0, 0.05) is 0 Å². The zero-order valence-electron chi connectivity index (χ0n) is 9.45. The number of carboxylic acid groups (broad SMARTS) is 1. The van der Waals surface area contributed by atoms with Crippen LogP contribution in [0.4, 0.5) is 4.79 Å². The zero-order chi connectivity index (χ0) is 13.3. The Balaban J connectivity index is 2.33. The van der Waals surface area contributed by atoms with Crippen LogP contribution in [-0.4, -0.2) is 38.0 Å². The Hall–Kier alpha value is -1.89. The summed E-state index contributed by atoms with van der Waals surface area (Å²) in [7, 11) is 0. The van der Waals surface area contributed by atoms with Gasteiger partial charge in [0.25, 0.3) is 0 Å². The van der Waals surface area contributed by atoms with Gasteiger partial charge in [-0.2, -0.15) is 0 Å². The van der Waals surface area contributed by atoms with Crippen molar-refractivity contribution in [2.75, 3.05) is 5.75 Å². The second kappa shape index (κ2) is 4.41. The van der Waals surface area contributed by atoms with Crippen LogP contribution in [0.1, 0.15) is 12.5 Å². The lowest BCUT2D eigenvalue weighted by atomic mass is 10.2. The van der Waals surface area contributed by atoms with Gasteiger partial charge in [0.05, 0.1) is 11.3 Å². The molecule has 96 valence electrons. The molecule has 7 heteroatoms. The summed E-state index contributed by atoms with van der Waals surface area (Å²) in [6.07, 6.45) is -1.40. The average molecular weight is 269 g/mol. The molecule has 1 aliphatic heterocycles. The number of hydrogen-bond acceptors (Lipinski definition) is 6. The lowest BCUT2D eigenvalue weighted by molar-refractivity contribution is 0.0136. The van der Waals surface area contributed by atoms with Gasteiger partial charge in [-0.05, 0) is 19.1 Å². The molecule has 1 heterocycles. The van der Waals surface area contributed by atoms with E-state index >= 15 is 0 Å². The van der Waals surface area contributed by atoms with Crippen LogP contribution in [0.5, 0.6) is 11.5 Å². The first kappa shape index (κ1) is 12.6. The molecule has 18 heavy (non-hydrogen) atoms. The maximum Gasteiger partial charge on any atom is 0.507 e. The molecule has 3 N–H and O–H groups in total. The van der Waals surface area contributed by atoms with E-state index in [2.05, 4.69) is 9.73 Å². The first-order valence-corrected chi connectivity index (χ1v) is 6.06. The van der Waals surface area contributed by atoms with E-state index in [1.165, 1.54) is 17.8 Å². The number of aromatic hydroxyl groups is 2. The van der Waals surface area contributed by atoms with Crippen LogP contribution in [0.15, 0.2) is 23.2 Å². The van der Waals surface area contributed by atoms with Crippen LogP contribution in [0.2, 0.25) is 0 Å². The molecule has 1 aromatic carbocycles. The van der Waals surface area contributed by atoms with Crippen molar-refractivity contribution in [3.05, 3.63) is 23.8 Å². The van der Waals surface area contributed by atoms with Gasteiger partial charge in [-0.3, -0.25) is 0 Å². The summed E-state index contributed by atoms with van der Waals surface area (Å²) in [6, 6.07) is 4.51. The van der Waals surface area contributed by atoms with Crippen molar-refractivity contribution in [2.45, 2.75) is 12.6 Å². The largest absolute Gasteiger partial charge is 0.507 e.